The first-order chi connectivity index (χ1) is 8.61. The molecule has 4 nitrogen and oxygen atoms in total. The average Bonchev–Trinajstić information content (AvgIpc) is 2.39. The molecule has 0 saturated carbocycles. The molecule has 4 heteroatoms. The number of aliphatic hydroxyl groups is 1. The van der Waals surface area contributed by atoms with Crippen LogP contribution in [-0.4, -0.2) is 55.1 Å². The van der Waals surface area contributed by atoms with Crippen LogP contribution in [-0.2, 0) is 0 Å². The SMILES string of the molecule is CC(=O)c1ccc(N2CCN(C)C(CO)C2)cc1. The fourth-order valence-electron chi connectivity index (χ4n) is 2.28. The highest BCUT2D eigenvalue weighted by molar-refractivity contribution is 5.94. The maximum absolute atomic E-state index is 11.2. The quantitative estimate of drug-likeness (QED) is 0.811. The van der Waals surface area contributed by atoms with Crippen molar-refractivity contribution in [3.05, 3.63) is 29.8 Å². The predicted octanol–water partition coefficient (Wildman–Crippen LogP) is 1.00. The minimum absolute atomic E-state index is 0.0909. The molecule has 1 fully saturated rings. The van der Waals surface area contributed by atoms with Gasteiger partial charge < -0.3 is 10.0 Å². The Bertz CT molecular complexity index is 416. The van der Waals surface area contributed by atoms with Crippen LogP contribution in [0, 0.1) is 0 Å². The molecule has 0 radical (unpaired) electrons. The Labute approximate surface area is 108 Å². The third-order valence-electron chi connectivity index (χ3n) is 3.63. The van der Waals surface area contributed by atoms with Gasteiger partial charge in [0.2, 0.25) is 0 Å². The van der Waals surface area contributed by atoms with E-state index in [9.17, 15) is 9.90 Å². The molecule has 1 atom stereocenters. The second-order valence-electron chi connectivity index (χ2n) is 4.87. The molecular weight excluding hydrogens is 228 g/mol. The molecule has 0 amide bonds. The van der Waals surface area contributed by atoms with Crippen molar-refractivity contribution in [2.75, 3.05) is 38.2 Å². The van der Waals surface area contributed by atoms with Crippen LogP contribution in [0.1, 0.15) is 17.3 Å². The van der Waals surface area contributed by atoms with E-state index in [1.165, 1.54) is 0 Å². The van der Waals surface area contributed by atoms with Crippen molar-refractivity contribution in [2.24, 2.45) is 0 Å². The predicted molar refractivity (Wildman–Crippen MR) is 72.2 cm³/mol. The van der Waals surface area contributed by atoms with Gasteiger partial charge in [-0.3, -0.25) is 9.69 Å². The number of likely N-dealkylation sites (N-methyl/N-ethyl adjacent to an activating group) is 1. The highest BCUT2D eigenvalue weighted by Gasteiger charge is 2.23. The van der Waals surface area contributed by atoms with E-state index in [0.29, 0.717) is 0 Å². The Kier molecular flexibility index (Phi) is 3.99. The summed E-state index contributed by atoms with van der Waals surface area (Å²) in [6, 6.07) is 7.88. The van der Waals surface area contributed by atoms with Crippen molar-refractivity contribution in [3.8, 4) is 0 Å². The summed E-state index contributed by atoms with van der Waals surface area (Å²) in [5.41, 5.74) is 1.86. The summed E-state index contributed by atoms with van der Waals surface area (Å²) in [5.74, 6) is 0.0909. The first kappa shape index (κ1) is 13.1. The molecule has 0 spiro atoms. The number of benzene rings is 1. The molecule has 2 rings (SSSR count). The Hall–Kier alpha value is -1.39. The number of Topliss-reactive ketones (excluding diaryl/α,β-unsaturated/α-hetero) is 1. The molecule has 0 bridgehead atoms. The smallest absolute Gasteiger partial charge is 0.159 e. The van der Waals surface area contributed by atoms with Crippen molar-refractivity contribution >= 4 is 11.5 Å². The number of carbonyl (C=O) groups excluding carboxylic acids is 1. The zero-order valence-corrected chi connectivity index (χ0v) is 11.0. The lowest BCUT2D eigenvalue weighted by Gasteiger charge is -2.39. The second-order valence-corrected chi connectivity index (χ2v) is 4.87. The topological polar surface area (TPSA) is 43.8 Å². The lowest BCUT2D eigenvalue weighted by Crippen LogP contribution is -2.53. The van der Waals surface area contributed by atoms with Crippen LogP contribution in [0.2, 0.25) is 0 Å². The monoisotopic (exact) mass is 248 g/mol. The summed E-state index contributed by atoms with van der Waals surface area (Å²) in [6.07, 6.45) is 0. The molecule has 0 aliphatic carbocycles. The number of nitrogens with zero attached hydrogens (tertiary/aromatic N) is 2. The molecule has 1 aromatic carbocycles. The van der Waals surface area contributed by atoms with Crippen LogP contribution in [0.3, 0.4) is 0 Å². The van der Waals surface area contributed by atoms with E-state index in [0.717, 1.165) is 30.9 Å². The van der Waals surface area contributed by atoms with Gasteiger partial charge in [-0.25, -0.2) is 0 Å². The number of hydrogen-bond acceptors (Lipinski definition) is 4. The lowest BCUT2D eigenvalue weighted by molar-refractivity contribution is 0.101. The van der Waals surface area contributed by atoms with Gasteiger partial charge in [0.05, 0.1) is 12.6 Å². The Balaban J connectivity index is 2.09. The van der Waals surface area contributed by atoms with Gasteiger partial charge in [-0.2, -0.15) is 0 Å². The summed E-state index contributed by atoms with van der Waals surface area (Å²) in [6.45, 7) is 4.48. The van der Waals surface area contributed by atoms with Crippen molar-refractivity contribution in [3.63, 3.8) is 0 Å². The molecule has 1 heterocycles. The van der Waals surface area contributed by atoms with Gasteiger partial charge in [0.1, 0.15) is 0 Å². The number of rotatable bonds is 3. The molecule has 1 aliphatic rings. The molecule has 1 aliphatic heterocycles. The fourth-order valence-corrected chi connectivity index (χ4v) is 2.28. The van der Waals surface area contributed by atoms with Gasteiger partial charge in [0.25, 0.3) is 0 Å². The van der Waals surface area contributed by atoms with E-state index < -0.39 is 0 Å². The number of ketones is 1. The molecule has 98 valence electrons. The number of hydrogen-bond donors (Lipinski definition) is 1. The molecule has 1 N–H and O–H groups in total. The van der Waals surface area contributed by atoms with E-state index >= 15 is 0 Å². The van der Waals surface area contributed by atoms with E-state index in [1.54, 1.807) is 6.92 Å². The van der Waals surface area contributed by atoms with Gasteiger partial charge in [0, 0.05) is 30.9 Å². The van der Waals surface area contributed by atoms with E-state index in [1.807, 2.05) is 31.3 Å². The highest BCUT2D eigenvalue weighted by atomic mass is 16.3. The van der Waals surface area contributed by atoms with Crippen molar-refractivity contribution in [2.45, 2.75) is 13.0 Å². The van der Waals surface area contributed by atoms with Crippen LogP contribution in [0.25, 0.3) is 0 Å². The third kappa shape index (κ3) is 2.71. The standard InChI is InChI=1S/C14H20N2O2/c1-11(18)12-3-5-13(6-4-12)16-8-7-15(2)14(9-16)10-17/h3-6,14,17H,7-10H2,1-2H3. The third-order valence-corrected chi connectivity index (χ3v) is 3.63. The van der Waals surface area contributed by atoms with Crippen LogP contribution < -0.4 is 4.90 Å². The summed E-state index contributed by atoms with van der Waals surface area (Å²) in [7, 11) is 2.04. The van der Waals surface area contributed by atoms with Crippen LogP contribution in [0.15, 0.2) is 24.3 Å². The zero-order valence-electron chi connectivity index (χ0n) is 11.0. The van der Waals surface area contributed by atoms with Gasteiger partial charge in [-0.15, -0.1) is 0 Å². The van der Waals surface area contributed by atoms with Gasteiger partial charge in [-0.05, 0) is 38.2 Å². The molecule has 1 unspecified atom stereocenters. The Morgan fingerprint density at radius 3 is 2.56 bits per heavy atom. The molecule has 1 saturated heterocycles. The number of carbonyl (C=O) groups is 1. The van der Waals surface area contributed by atoms with Crippen molar-refractivity contribution < 1.29 is 9.90 Å². The molecule has 18 heavy (non-hydrogen) atoms. The fraction of sp³-hybridized carbons (Fsp3) is 0.500. The van der Waals surface area contributed by atoms with Gasteiger partial charge >= 0.3 is 0 Å². The lowest BCUT2D eigenvalue weighted by atomic mass is 10.1. The van der Waals surface area contributed by atoms with Crippen molar-refractivity contribution in [1.82, 2.24) is 4.90 Å². The highest BCUT2D eigenvalue weighted by Crippen LogP contribution is 2.19. The first-order valence-corrected chi connectivity index (χ1v) is 6.29. The maximum Gasteiger partial charge on any atom is 0.159 e. The number of piperazine rings is 1. The van der Waals surface area contributed by atoms with Crippen LogP contribution in [0.4, 0.5) is 5.69 Å². The molecular formula is C14H20N2O2. The summed E-state index contributed by atoms with van der Waals surface area (Å²) in [4.78, 5) is 15.7. The number of aliphatic hydroxyl groups excluding tert-OH is 1. The van der Waals surface area contributed by atoms with Crippen LogP contribution in [0.5, 0.6) is 0 Å². The summed E-state index contributed by atoms with van der Waals surface area (Å²) in [5, 5.41) is 9.33. The van der Waals surface area contributed by atoms with Gasteiger partial charge in [-0.1, -0.05) is 0 Å². The van der Waals surface area contributed by atoms with E-state index in [4.69, 9.17) is 0 Å². The first-order valence-electron chi connectivity index (χ1n) is 6.29. The molecule has 0 aromatic heterocycles. The average molecular weight is 248 g/mol. The van der Waals surface area contributed by atoms with Crippen LogP contribution >= 0.6 is 0 Å². The normalized spacial score (nSPS) is 21.1. The summed E-state index contributed by atoms with van der Waals surface area (Å²) >= 11 is 0. The second kappa shape index (κ2) is 5.50. The maximum atomic E-state index is 11.2. The minimum atomic E-state index is 0.0909. The van der Waals surface area contributed by atoms with E-state index in [-0.39, 0.29) is 18.4 Å². The van der Waals surface area contributed by atoms with E-state index in [2.05, 4.69) is 9.80 Å². The Morgan fingerprint density at radius 1 is 1.33 bits per heavy atom. The minimum Gasteiger partial charge on any atom is -0.395 e. The summed E-state index contributed by atoms with van der Waals surface area (Å²) < 4.78 is 0. The zero-order chi connectivity index (χ0) is 13.1. The largest absolute Gasteiger partial charge is 0.395 e. The van der Waals surface area contributed by atoms with Crippen molar-refractivity contribution in [1.29, 1.82) is 0 Å². The molecule has 1 aromatic rings. The number of anilines is 1. The Morgan fingerprint density at radius 2 is 2.00 bits per heavy atom. The van der Waals surface area contributed by atoms with Gasteiger partial charge in [0.15, 0.2) is 5.78 Å².